The standard InChI is InChI=1S/C20H22ClF3N6O/c1-12(18-25-11-26-30(18)17-5-6-28(2)27-17)29(10-13-3-4-13)19(31)14-7-15(20(22,23)24)9-16(21)8-14/h5-8,11-13,15H,3-4,9-10H2,1-2H3. The Balaban J connectivity index is 1.66. The van der Waals surface area contributed by atoms with Crippen LogP contribution in [0.1, 0.15) is 38.1 Å². The van der Waals surface area contributed by atoms with Crippen LogP contribution in [0.5, 0.6) is 0 Å². The van der Waals surface area contributed by atoms with Crippen LogP contribution in [-0.4, -0.2) is 48.1 Å². The summed E-state index contributed by atoms with van der Waals surface area (Å²) in [6.45, 7) is 2.22. The van der Waals surface area contributed by atoms with Crippen LogP contribution in [-0.2, 0) is 11.8 Å². The van der Waals surface area contributed by atoms with Crippen LogP contribution in [0.4, 0.5) is 13.2 Å². The van der Waals surface area contributed by atoms with Crippen LogP contribution >= 0.6 is 11.6 Å². The Morgan fingerprint density at radius 1 is 1.39 bits per heavy atom. The number of carbonyl (C=O) groups is 1. The van der Waals surface area contributed by atoms with E-state index in [-0.39, 0.29) is 17.0 Å². The van der Waals surface area contributed by atoms with E-state index in [2.05, 4.69) is 15.2 Å². The van der Waals surface area contributed by atoms with Crippen molar-refractivity contribution in [2.75, 3.05) is 6.54 Å². The molecule has 2 unspecified atom stereocenters. The van der Waals surface area contributed by atoms with E-state index in [1.54, 1.807) is 35.8 Å². The molecule has 0 saturated heterocycles. The molecule has 2 heterocycles. The quantitative estimate of drug-likeness (QED) is 0.663. The predicted molar refractivity (Wildman–Crippen MR) is 107 cm³/mol. The zero-order valence-corrected chi connectivity index (χ0v) is 17.8. The number of hydrogen-bond donors (Lipinski definition) is 0. The number of halogens is 4. The summed E-state index contributed by atoms with van der Waals surface area (Å²) in [5.41, 5.74) is -0.0463. The molecule has 2 aliphatic rings. The van der Waals surface area contributed by atoms with E-state index in [0.29, 0.717) is 24.1 Å². The lowest BCUT2D eigenvalue weighted by Gasteiger charge is -2.31. The van der Waals surface area contributed by atoms with Gasteiger partial charge in [0.05, 0.1) is 12.0 Å². The van der Waals surface area contributed by atoms with Gasteiger partial charge in [-0.3, -0.25) is 9.48 Å². The highest BCUT2D eigenvalue weighted by atomic mass is 35.5. The van der Waals surface area contributed by atoms with Gasteiger partial charge < -0.3 is 4.90 Å². The van der Waals surface area contributed by atoms with Crippen molar-refractivity contribution >= 4 is 17.5 Å². The third kappa shape index (κ3) is 4.68. The van der Waals surface area contributed by atoms with E-state index in [4.69, 9.17) is 11.6 Å². The van der Waals surface area contributed by atoms with E-state index in [0.717, 1.165) is 18.9 Å². The van der Waals surface area contributed by atoms with Crippen molar-refractivity contribution in [1.82, 2.24) is 29.4 Å². The molecule has 166 valence electrons. The highest BCUT2D eigenvalue weighted by Crippen LogP contribution is 2.39. The predicted octanol–water partition coefficient (Wildman–Crippen LogP) is 3.93. The Bertz CT molecular complexity index is 1040. The van der Waals surface area contributed by atoms with E-state index >= 15 is 0 Å². The fourth-order valence-electron chi connectivity index (χ4n) is 3.63. The highest BCUT2D eigenvalue weighted by Gasteiger charge is 2.41. The van der Waals surface area contributed by atoms with Crippen LogP contribution in [0.15, 0.2) is 41.3 Å². The number of aryl methyl sites for hydroxylation is 1. The summed E-state index contributed by atoms with van der Waals surface area (Å²) < 4.78 is 43.1. The first-order valence-corrected chi connectivity index (χ1v) is 10.4. The van der Waals surface area contributed by atoms with Crippen molar-refractivity contribution in [3.05, 3.63) is 47.2 Å². The largest absolute Gasteiger partial charge is 0.395 e. The molecule has 2 aliphatic carbocycles. The van der Waals surface area contributed by atoms with Crippen LogP contribution in [0.3, 0.4) is 0 Å². The van der Waals surface area contributed by atoms with Gasteiger partial charge in [-0.2, -0.15) is 28.1 Å². The molecule has 4 rings (SSSR count). The summed E-state index contributed by atoms with van der Waals surface area (Å²) >= 11 is 5.98. The zero-order valence-electron chi connectivity index (χ0n) is 17.1. The molecule has 0 bridgehead atoms. The first-order valence-electron chi connectivity index (χ1n) is 9.99. The number of carbonyl (C=O) groups excluding carboxylic acids is 1. The lowest BCUT2D eigenvalue weighted by Crippen LogP contribution is -2.38. The van der Waals surface area contributed by atoms with Crippen molar-refractivity contribution in [3.8, 4) is 5.82 Å². The Morgan fingerprint density at radius 3 is 2.74 bits per heavy atom. The van der Waals surface area contributed by atoms with E-state index in [1.165, 1.54) is 17.1 Å². The molecular weight excluding hydrogens is 433 g/mol. The van der Waals surface area contributed by atoms with Gasteiger partial charge in [0.2, 0.25) is 0 Å². The minimum absolute atomic E-state index is 0.0175. The van der Waals surface area contributed by atoms with Gasteiger partial charge in [0, 0.05) is 36.5 Å². The molecule has 0 N–H and O–H groups in total. The molecule has 0 radical (unpaired) electrons. The smallest absolute Gasteiger partial charge is 0.328 e. The molecule has 2 aromatic heterocycles. The molecule has 1 amide bonds. The molecule has 31 heavy (non-hydrogen) atoms. The average Bonchev–Trinajstić information content (AvgIpc) is 3.20. The van der Waals surface area contributed by atoms with Crippen LogP contribution in [0.2, 0.25) is 0 Å². The second kappa shape index (κ2) is 8.14. The number of hydrogen-bond acceptors (Lipinski definition) is 4. The van der Waals surface area contributed by atoms with E-state index in [1.807, 2.05) is 0 Å². The molecule has 2 atom stereocenters. The van der Waals surface area contributed by atoms with Crippen LogP contribution in [0.25, 0.3) is 5.82 Å². The summed E-state index contributed by atoms with van der Waals surface area (Å²) in [6.07, 6.45) is 2.58. The maximum Gasteiger partial charge on any atom is 0.395 e. The third-order valence-corrected chi connectivity index (χ3v) is 5.78. The SMILES string of the molecule is CC(c1ncnn1-c1ccn(C)n1)N(CC1CC1)C(=O)C1=CC(C(F)(F)F)CC(Cl)=C1. The Labute approximate surface area is 182 Å². The van der Waals surface area contributed by atoms with Gasteiger partial charge in [0.1, 0.15) is 6.33 Å². The third-order valence-electron chi connectivity index (χ3n) is 5.52. The molecule has 7 nitrogen and oxygen atoms in total. The summed E-state index contributed by atoms with van der Waals surface area (Å²) in [6, 6.07) is 1.23. The molecule has 0 aliphatic heterocycles. The fraction of sp³-hybridized carbons (Fsp3) is 0.500. The Hall–Kier alpha value is -2.62. The van der Waals surface area contributed by atoms with Crippen LogP contribution in [0, 0.1) is 11.8 Å². The van der Waals surface area contributed by atoms with Gasteiger partial charge in [-0.05, 0) is 38.2 Å². The first-order chi connectivity index (χ1) is 14.6. The molecule has 0 aromatic carbocycles. The molecule has 0 spiro atoms. The van der Waals surface area contributed by atoms with Crippen molar-refractivity contribution in [1.29, 1.82) is 0 Å². The van der Waals surface area contributed by atoms with E-state index < -0.39 is 24.0 Å². The highest BCUT2D eigenvalue weighted by molar-refractivity contribution is 6.30. The van der Waals surface area contributed by atoms with E-state index in [9.17, 15) is 18.0 Å². The van der Waals surface area contributed by atoms with Crippen molar-refractivity contribution < 1.29 is 18.0 Å². The lowest BCUT2D eigenvalue weighted by molar-refractivity contribution is -0.160. The topological polar surface area (TPSA) is 68.8 Å². The fourth-order valence-corrected chi connectivity index (χ4v) is 3.92. The molecule has 2 aromatic rings. The molecule has 11 heteroatoms. The van der Waals surface area contributed by atoms with Gasteiger partial charge in [-0.1, -0.05) is 17.7 Å². The van der Waals surface area contributed by atoms with Crippen molar-refractivity contribution in [2.45, 2.75) is 38.4 Å². The normalized spacial score (nSPS) is 20.3. The zero-order chi connectivity index (χ0) is 22.3. The Kier molecular flexibility index (Phi) is 5.67. The Morgan fingerprint density at radius 2 is 2.13 bits per heavy atom. The number of nitrogens with zero attached hydrogens (tertiary/aromatic N) is 6. The molecule has 1 saturated carbocycles. The first kappa shape index (κ1) is 21.6. The van der Waals surface area contributed by atoms with Crippen LogP contribution < -0.4 is 0 Å². The number of rotatable bonds is 6. The monoisotopic (exact) mass is 454 g/mol. The summed E-state index contributed by atoms with van der Waals surface area (Å²) in [5, 5.41) is 8.56. The lowest BCUT2D eigenvalue weighted by atomic mass is 9.94. The van der Waals surface area contributed by atoms with Gasteiger partial charge >= 0.3 is 6.18 Å². The summed E-state index contributed by atoms with van der Waals surface area (Å²) in [5.74, 6) is -0.940. The number of aromatic nitrogens is 5. The molecular formula is C20H22ClF3N6O. The van der Waals surface area contributed by atoms with Crippen molar-refractivity contribution in [3.63, 3.8) is 0 Å². The van der Waals surface area contributed by atoms with Gasteiger partial charge in [-0.15, -0.1) is 0 Å². The second-order valence-corrected chi connectivity index (χ2v) is 8.51. The number of amides is 1. The average molecular weight is 455 g/mol. The maximum atomic E-state index is 13.4. The summed E-state index contributed by atoms with van der Waals surface area (Å²) in [7, 11) is 1.77. The van der Waals surface area contributed by atoms with Gasteiger partial charge in [0.25, 0.3) is 5.91 Å². The number of alkyl halides is 3. The maximum absolute atomic E-state index is 13.4. The summed E-state index contributed by atoms with van der Waals surface area (Å²) in [4.78, 5) is 19.3. The van der Waals surface area contributed by atoms with Gasteiger partial charge in [-0.25, -0.2) is 4.98 Å². The number of allylic oxidation sites excluding steroid dienone is 2. The minimum atomic E-state index is -4.47. The van der Waals surface area contributed by atoms with Gasteiger partial charge in [0.15, 0.2) is 11.6 Å². The minimum Gasteiger partial charge on any atom is -0.328 e. The second-order valence-electron chi connectivity index (χ2n) is 8.02. The van der Waals surface area contributed by atoms with Crippen molar-refractivity contribution in [2.24, 2.45) is 18.9 Å². The molecule has 1 fully saturated rings.